The molecule has 0 saturated heterocycles. The molecule has 0 fully saturated rings. The molecule has 0 atom stereocenters. The van der Waals surface area contributed by atoms with Gasteiger partial charge >= 0.3 is 0 Å². The molecule has 0 radical (unpaired) electrons. The van der Waals surface area contributed by atoms with E-state index in [0.29, 0.717) is 28.6 Å². The average Bonchev–Trinajstić information content (AvgIpc) is 3.12. The second-order valence-electron chi connectivity index (χ2n) is 5.70. The van der Waals surface area contributed by atoms with Crippen molar-refractivity contribution in [1.29, 1.82) is 0 Å². The predicted molar refractivity (Wildman–Crippen MR) is 94.4 cm³/mol. The summed E-state index contributed by atoms with van der Waals surface area (Å²) in [6, 6.07) is 11.3. The Kier molecular flexibility index (Phi) is 4.29. The number of nitrogens with one attached hydrogen (secondary N) is 2. The molecular formula is C19H13F2N3O3. The number of aromatic nitrogens is 1. The molecule has 0 unspecified atom stereocenters. The normalized spacial score (nSPS) is 11.9. The van der Waals surface area contributed by atoms with Crippen LogP contribution < -0.4 is 20.1 Å². The van der Waals surface area contributed by atoms with Gasteiger partial charge in [0.05, 0.1) is 11.3 Å². The number of benzene rings is 2. The molecule has 2 heterocycles. The number of hydrogen-bond donors (Lipinski definition) is 2. The lowest BCUT2D eigenvalue weighted by atomic mass is 10.2. The van der Waals surface area contributed by atoms with Gasteiger partial charge in [-0.2, -0.15) is 0 Å². The summed E-state index contributed by atoms with van der Waals surface area (Å²) >= 11 is 0. The van der Waals surface area contributed by atoms with Gasteiger partial charge in [-0.15, -0.1) is 0 Å². The van der Waals surface area contributed by atoms with Crippen molar-refractivity contribution < 1.29 is 23.0 Å². The Morgan fingerprint density at radius 1 is 1.00 bits per heavy atom. The molecule has 27 heavy (non-hydrogen) atoms. The molecular weight excluding hydrogens is 356 g/mol. The molecule has 2 N–H and O–H groups in total. The first-order valence-corrected chi connectivity index (χ1v) is 7.97. The van der Waals surface area contributed by atoms with Crippen molar-refractivity contribution in [2.75, 3.05) is 17.4 Å². The van der Waals surface area contributed by atoms with Crippen LogP contribution >= 0.6 is 0 Å². The number of carbonyl (C=O) groups is 1. The van der Waals surface area contributed by atoms with Gasteiger partial charge in [-0.25, -0.2) is 13.8 Å². The number of rotatable bonds is 4. The van der Waals surface area contributed by atoms with Crippen LogP contribution in [0.1, 0.15) is 10.4 Å². The van der Waals surface area contributed by atoms with Crippen molar-refractivity contribution in [2.24, 2.45) is 0 Å². The molecule has 1 aliphatic heterocycles. The van der Waals surface area contributed by atoms with Crippen molar-refractivity contribution in [3.63, 3.8) is 0 Å². The van der Waals surface area contributed by atoms with Gasteiger partial charge in [-0.3, -0.25) is 4.79 Å². The van der Waals surface area contributed by atoms with E-state index in [2.05, 4.69) is 15.6 Å². The van der Waals surface area contributed by atoms with Gasteiger partial charge < -0.3 is 20.1 Å². The third kappa shape index (κ3) is 3.64. The fourth-order valence-electron chi connectivity index (χ4n) is 2.51. The Morgan fingerprint density at radius 2 is 1.85 bits per heavy atom. The van der Waals surface area contributed by atoms with Crippen LogP contribution in [-0.4, -0.2) is 17.7 Å². The largest absolute Gasteiger partial charge is 0.454 e. The Bertz CT molecular complexity index is 1010. The highest BCUT2D eigenvalue weighted by Crippen LogP contribution is 2.34. The highest BCUT2D eigenvalue weighted by molar-refractivity contribution is 6.04. The first kappa shape index (κ1) is 16.8. The molecule has 0 bridgehead atoms. The van der Waals surface area contributed by atoms with Crippen molar-refractivity contribution in [1.82, 2.24) is 4.98 Å². The third-order valence-electron chi connectivity index (χ3n) is 3.85. The lowest BCUT2D eigenvalue weighted by molar-refractivity contribution is 0.102. The van der Waals surface area contributed by atoms with E-state index in [-0.39, 0.29) is 18.4 Å². The SMILES string of the molecule is O=C(Nc1ccc2c(c1)OCO2)c1ccc(Nc2ccc(F)cc2F)nc1. The van der Waals surface area contributed by atoms with E-state index in [4.69, 9.17) is 9.47 Å². The predicted octanol–water partition coefficient (Wildman–Crippen LogP) is 4.08. The minimum absolute atomic E-state index is 0.0847. The average molecular weight is 369 g/mol. The minimum Gasteiger partial charge on any atom is -0.454 e. The topological polar surface area (TPSA) is 72.5 Å². The fourth-order valence-corrected chi connectivity index (χ4v) is 2.51. The molecule has 0 spiro atoms. The van der Waals surface area contributed by atoms with Crippen LogP contribution in [0.2, 0.25) is 0 Å². The first-order valence-electron chi connectivity index (χ1n) is 7.97. The summed E-state index contributed by atoms with van der Waals surface area (Å²) in [5, 5.41) is 5.46. The van der Waals surface area contributed by atoms with E-state index in [9.17, 15) is 13.6 Å². The van der Waals surface area contributed by atoms with Crippen LogP contribution in [0.3, 0.4) is 0 Å². The van der Waals surface area contributed by atoms with Crippen LogP contribution in [-0.2, 0) is 0 Å². The van der Waals surface area contributed by atoms with Gasteiger partial charge in [-0.05, 0) is 36.4 Å². The fraction of sp³-hybridized carbons (Fsp3) is 0.0526. The summed E-state index contributed by atoms with van der Waals surface area (Å²) in [6.45, 7) is 0.153. The van der Waals surface area contributed by atoms with Gasteiger partial charge in [-0.1, -0.05) is 0 Å². The minimum atomic E-state index is -0.735. The van der Waals surface area contributed by atoms with Gasteiger partial charge in [0.1, 0.15) is 17.5 Å². The van der Waals surface area contributed by atoms with Gasteiger partial charge in [0.25, 0.3) is 5.91 Å². The Labute approximate surface area is 152 Å². The number of nitrogens with zero attached hydrogens (tertiary/aromatic N) is 1. The molecule has 136 valence electrons. The summed E-state index contributed by atoms with van der Waals surface area (Å²) in [6.07, 6.45) is 1.35. The quantitative estimate of drug-likeness (QED) is 0.725. The number of halogens is 2. The van der Waals surface area contributed by atoms with Crippen LogP contribution in [0.15, 0.2) is 54.7 Å². The maximum Gasteiger partial charge on any atom is 0.257 e. The van der Waals surface area contributed by atoms with Crippen molar-refractivity contribution >= 4 is 23.1 Å². The van der Waals surface area contributed by atoms with Gasteiger partial charge in [0.15, 0.2) is 11.5 Å². The van der Waals surface area contributed by atoms with Crippen LogP contribution in [0.4, 0.5) is 26.0 Å². The molecule has 1 amide bonds. The van der Waals surface area contributed by atoms with Crippen molar-refractivity contribution in [3.8, 4) is 11.5 Å². The highest BCUT2D eigenvalue weighted by atomic mass is 19.1. The lowest BCUT2D eigenvalue weighted by Gasteiger charge is -2.09. The zero-order chi connectivity index (χ0) is 18.8. The van der Waals surface area contributed by atoms with E-state index in [0.717, 1.165) is 12.1 Å². The number of carbonyl (C=O) groups excluding carboxylic acids is 1. The molecule has 6 nitrogen and oxygen atoms in total. The zero-order valence-corrected chi connectivity index (χ0v) is 13.8. The Balaban J connectivity index is 1.44. The summed E-state index contributed by atoms with van der Waals surface area (Å²) in [5.41, 5.74) is 0.957. The molecule has 3 aromatic rings. The smallest absolute Gasteiger partial charge is 0.257 e. The standard InChI is InChI=1S/C19H13F2N3O3/c20-12-2-4-15(14(21)7-12)24-18-6-1-11(9-22-18)19(25)23-13-3-5-16-17(8-13)27-10-26-16/h1-9H,10H2,(H,22,24)(H,23,25). The van der Waals surface area contributed by atoms with E-state index in [1.54, 1.807) is 24.3 Å². The molecule has 0 saturated carbocycles. The van der Waals surface area contributed by atoms with Crippen LogP contribution in [0, 0.1) is 11.6 Å². The summed E-state index contributed by atoms with van der Waals surface area (Å²) in [7, 11) is 0. The Morgan fingerprint density at radius 3 is 2.63 bits per heavy atom. The monoisotopic (exact) mass is 369 g/mol. The highest BCUT2D eigenvalue weighted by Gasteiger charge is 2.15. The zero-order valence-electron chi connectivity index (χ0n) is 13.8. The van der Waals surface area contributed by atoms with Gasteiger partial charge in [0.2, 0.25) is 6.79 Å². The maximum atomic E-state index is 13.7. The third-order valence-corrected chi connectivity index (χ3v) is 3.85. The van der Waals surface area contributed by atoms with Crippen LogP contribution in [0.25, 0.3) is 0 Å². The van der Waals surface area contributed by atoms with E-state index in [1.807, 2.05) is 0 Å². The Hall–Kier alpha value is -3.68. The molecule has 8 heteroatoms. The van der Waals surface area contributed by atoms with E-state index in [1.165, 1.54) is 18.3 Å². The molecule has 4 rings (SSSR count). The van der Waals surface area contributed by atoms with E-state index < -0.39 is 11.6 Å². The van der Waals surface area contributed by atoms with Crippen molar-refractivity contribution in [2.45, 2.75) is 0 Å². The second-order valence-corrected chi connectivity index (χ2v) is 5.70. The van der Waals surface area contributed by atoms with E-state index >= 15 is 0 Å². The lowest BCUT2D eigenvalue weighted by Crippen LogP contribution is -2.12. The molecule has 1 aromatic heterocycles. The number of pyridine rings is 1. The number of amides is 1. The number of ether oxygens (including phenoxy) is 2. The maximum absolute atomic E-state index is 13.7. The molecule has 1 aliphatic rings. The second kappa shape index (κ2) is 6.91. The first-order chi connectivity index (χ1) is 13.1. The number of fused-ring (bicyclic) bond motifs is 1. The number of hydrogen-bond acceptors (Lipinski definition) is 5. The van der Waals surface area contributed by atoms with Gasteiger partial charge in [0, 0.05) is 24.0 Å². The van der Waals surface area contributed by atoms with Crippen LogP contribution in [0.5, 0.6) is 11.5 Å². The number of anilines is 3. The van der Waals surface area contributed by atoms with Crippen molar-refractivity contribution in [3.05, 3.63) is 71.9 Å². The summed E-state index contributed by atoms with van der Waals surface area (Å²) < 4.78 is 37.1. The summed E-state index contributed by atoms with van der Waals surface area (Å²) in [4.78, 5) is 16.4. The molecule has 0 aliphatic carbocycles. The summed E-state index contributed by atoms with van der Waals surface area (Å²) in [5.74, 6) is -0.256. The molecule has 2 aromatic carbocycles.